The molecule has 12 nitrogen and oxygen atoms in total. The van der Waals surface area contributed by atoms with Gasteiger partial charge < -0.3 is 29.7 Å². The smallest absolute Gasteiger partial charge is 0.297 e. The summed E-state index contributed by atoms with van der Waals surface area (Å²) >= 11 is 7.74. The van der Waals surface area contributed by atoms with Crippen molar-refractivity contribution in [2.45, 2.75) is 89.7 Å². The van der Waals surface area contributed by atoms with Crippen LogP contribution in [0.5, 0.6) is 17.2 Å². The Hall–Kier alpha value is -4.35. The Kier molecular flexibility index (Phi) is 17.9. The van der Waals surface area contributed by atoms with Gasteiger partial charge in [0.2, 0.25) is 17.7 Å². The van der Waals surface area contributed by atoms with Crippen LogP contribution in [0, 0.1) is 6.92 Å². The van der Waals surface area contributed by atoms with E-state index in [9.17, 15) is 22.8 Å². The van der Waals surface area contributed by atoms with Gasteiger partial charge >= 0.3 is 0 Å². The summed E-state index contributed by atoms with van der Waals surface area (Å²) in [6, 6.07) is 28.7. The second-order valence-electron chi connectivity index (χ2n) is 14.3. The van der Waals surface area contributed by atoms with Crippen molar-refractivity contribution in [2.75, 3.05) is 39.4 Å². The van der Waals surface area contributed by atoms with Crippen LogP contribution in [0.1, 0.15) is 49.7 Å². The zero-order valence-corrected chi connectivity index (χ0v) is 37.6. The first-order valence-corrected chi connectivity index (χ1v) is 23.4. The van der Waals surface area contributed by atoms with Crippen molar-refractivity contribution < 1.29 is 41.2 Å². The van der Waals surface area contributed by atoms with E-state index >= 15 is 0 Å². The average molecular weight is 896 g/mol. The van der Waals surface area contributed by atoms with Crippen molar-refractivity contribution in [1.82, 2.24) is 15.5 Å². The molecular weight excluding hydrogens is 843 g/mol. The maximum Gasteiger partial charge on any atom is 0.297 e. The summed E-state index contributed by atoms with van der Waals surface area (Å²) in [6.07, 6.45) is 4.40. The van der Waals surface area contributed by atoms with E-state index in [1.807, 2.05) is 78.2 Å². The van der Waals surface area contributed by atoms with E-state index in [1.54, 1.807) is 45.2 Å². The highest BCUT2D eigenvalue weighted by atomic mass is 32.2. The normalized spacial score (nSPS) is 19.1. The topological polar surface area (TPSA) is 150 Å². The first kappa shape index (κ1) is 46.7. The third-order valence-electron chi connectivity index (χ3n) is 9.98. The molecule has 0 aliphatic carbocycles. The molecular formula is C44H53N3O9S4. The summed E-state index contributed by atoms with van der Waals surface area (Å²) in [5.74, 6) is 4.99. The molecule has 3 saturated heterocycles. The van der Waals surface area contributed by atoms with E-state index in [4.69, 9.17) is 18.4 Å². The van der Waals surface area contributed by atoms with Gasteiger partial charge in [0.05, 0.1) is 38.9 Å². The van der Waals surface area contributed by atoms with E-state index in [0.29, 0.717) is 43.7 Å². The second-order valence-corrected chi connectivity index (χ2v) is 18.6. The Balaban J connectivity index is 0.000000155. The lowest BCUT2D eigenvalue weighted by molar-refractivity contribution is -0.129. The van der Waals surface area contributed by atoms with Crippen molar-refractivity contribution in [2.24, 2.45) is 0 Å². The molecule has 0 spiro atoms. The lowest BCUT2D eigenvalue weighted by Gasteiger charge is -2.21. The van der Waals surface area contributed by atoms with Gasteiger partial charge in [0, 0.05) is 64.1 Å². The van der Waals surface area contributed by atoms with Gasteiger partial charge in [-0.3, -0.25) is 18.6 Å². The zero-order valence-electron chi connectivity index (χ0n) is 34.3. The van der Waals surface area contributed by atoms with Crippen molar-refractivity contribution in [3.8, 4) is 17.2 Å². The van der Waals surface area contributed by atoms with Crippen LogP contribution in [0.3, 0.4) is 0 Å². The summed E-state index contributed by atoms with van der Waals surface area (Å²) in [7, 11) is 1.25. The highest BCUT2D eigenvalue weighted by Gasteiger charge is 2.33. The first-order chi connectivity index (χ1) is 28.8. The third kappa shape index (κ3) is 14.4. The van der Waals surface area contributed by atoms with E-state index in [2.05, 4.69) is 35.4 Å². The van der Waals surface area contributed by atoms with E-state index in [1.165, 1.54) is 27.5 Å². The first-order valence-electron chi connectivity index (χ1n) is 19.6. The number of amides is 3. The van der Waals surface area contributed by atoms with Crippen LogP contribution in [0.15, 0.2) is 111 Å². The molecule has 0 aromatic heterocycles. The number of carbonyl (C=O) groups excluding carboxylic acids is 3. The van der Waals surface area contributed by atoms with Crippen molar-refractivity contribution >= 4 is 64.0 Å². The summed E-state index contributed by atoms with van der Waals surface area (Å²) in [5, 5.41) is 5.62. The molecule has 3 atom stereocenters. The monoisotopic (exact) mass is 895 g/mol. The maximum atomic E-state index is 11.8. The number of hydrogen-bond acceptors (Lipinski definition) is 12. The fourth-order valence-electron chi connectivity index (χ4n) is 6.50. The van der Waals surface area contributed by atoms with Crippen molar-refractivity contribution in [3.63, 3.8) is 0 Å². The van der Waals surface area contributed by atoms with Gasteiger partial charge in [0.15, 0.2) is 0 Å². The van der Waals surface area contributed by atoms with Gasteiger partial charge in [0.25, 0.3) is 10.1 Å². The molecule has 4 aliphatic heterocycles. The third-order valence-corrected chi connectivity index (χ3v) is 14.0. The second kappa shape index (κ2) is 23.0. The number of thiol groups is 1. The molecule has 3 fully saturated rings. The number of carbonyl (C=O) groups is 3. The fraction of sp³-hybridized carbons (Fsp3) is 0.386. The number of thioether (sulfide) groups is 2. The van der Waals surface area contributed by atoms with E-state index in [-0.39, 0.29) is 29.4 Å². The van der Waals surface area contributed by atoms with Gasteiger partial charge in [-0.1, -0.05) is 17.7 Å². The summed E-state index contributed by atoms with van der Waals surface area (Å²) in [4.78, 5) is 39.4. The minimum atomic E-state index is -3.73. The number of benzene rings is 4. The Bertz CT molecular complexity index is 2140. The van der Waals surface area contributed by atoms with Gasteiger partial charge in [0.1, 0.15) is 17.2 Å². The van der Waals surface area contributed by atoms with E-state index in [0.717, 1.165) is 58.6 Å². The largest absolute Gasteiger partial charge is 0.497 e. The van der Waals surface area contributed by atoms with Crippen molar-refractivity contribution in [3.05, 3.63) is 102 Å². The van der Waals surface area contributed by atoms with Crippen LogP contribution < -0.4 is 24.8 Å². The molecule has 4 aromatic carbocycles. The Morgan fingerprint density at radius 3 is 1.92 bits per heavy atom. The molecule has 4 aromatic rings. The highest BCUT2D eigenvalue weighted by molar-refractivity contribution is 7.99. The minimum Gasteiger partial charge on any atom is -0.497 e. The number of aryl methyl sites for hydroxylation is 1. The number of fused-ring (bicyclic) bond motifs is 2. The Labute approximate surface area is 367 Å². The maximum absolute atomic E-state index is 11.8. The molecule has 8 rings (SSSR count). The molecule has 16 heteroatoms. The lowest BCUT2D eigenvalue weighted by atomic mass is 10.2. The van der Waals surface area contributed by atoms with Gasteiger partial charge in [-0.05, 0) is 111 Å². The number of rotatable bonds is 10. The van der Waals surface area contributed by atoms with Crippen LogP contribution in [-0.2, 0) is 35.2 Å². The number of hydrogen-bond donors (Lipinski definition) is 3. The number of nitrogens with one attached hydrogen (secondary N) is 2. The minimum absolute atomic E-state index is 0.0120. The quantitative estimate of drug-likeness (QED) is 0.0836. The Morgan fingerprint density at radius 2 is 1.33 bits per heavy atom. The molecule has 0 bridgehead atoms. The standard InChI is InChI=1S/C13H15NO2S.C12H15NO4S.C12H15NO2S.C7H8OS/c1-16-11-3-4-12-9(6-11)7-14-10(8-17-12)2-5-13(14)15;1-9-2-5-11(6-3-9)18(15,16)17-8-10-4-7-12(14)13-10;1-15-10-3-5-11(6-4-10)16-8-9-2-7-12(14)13-9;1-8-6-2-4-7(9)5-3-6/h3-4,6,10H,2,5,7-8H2,1H3;2-3,5-6,10H,4,7-8H2,1H3,(H,13,14);3-6,9H,2,7-8H2,1H3,(H,13,14);2-5,9H,1H3/t2*10-;9-;/m111./s1. The number of methoxy groups -OCH3 is 3. The highest BCUT2D eigenvalue weighted by Crippen LogP contribution is 2.36. The average Bonchev–Trinajstić information content (AvgIpc) is 3.95. The molecule has 0 unspecified atom stereocenters. The van der Waals surface area contributed by atoms with Crippen LogP contribution >= 0.6 is 36.2 Å². The van der Waals surface area contributed by atoms with Crippen molar-refractivity contribution in [1.29, 1.82) is 0 Å². The van der Waals surface area contributed by atoms with Crippen LogP contribution in [-0.4, -0.2) is 88.6 Å². The van der Waals surface area contributed by atoms with Crippen LogP contribution in [0.2, 0.25) is 0 Å². The predicted octanol–water partition coefficient (Wildman–Crippen LogP) is 7.32. The Morgan fingerprint density at radius 1 is 0.750 bits per heavy atom. The SMILES string of the molecule is COc1ccc(S)cc1.COc1ccc(SC[C@H]2CCC(=O)N2)cc1.COc1ccc2c(c1)CN1C(=O)CC[C@@H]1CS2.Cc1ccc(S(=O)(=O)OC[C@H]2CCC(=O)N2)cc1. The lowest BCUT2D eigenvalue weighted by Crippen LogP contribution is -2.32. The fourth-order valence-corrected chi connectivity index (χ4v) is 9.76. The van der Waals surface area contributed by atoms with E-state index < -0.39 is 10.1 Å². The van der Waals surface area contributed by atoms with Crippen LogP contribution in [0.25, 0.3) is 0 Å². The molecule has 3 amide bonds. The number of nitrogens with zero attached hydrogens (tertiary/aromatic N) is 1. The van der Waals surface area contributed by atoms with Gasteiger partial charge in [-0.2, -0.15) is 8.42 Å². The molecule has 60 heavy (non-hydrogen) atoms. The molecule has 0 radical (unpaired) electrons. The summed E-state index contributed by atoms with van der Waals surface area (Å²) in [6.45, 7) is 2.61. The summed E-state index contributed by atoms with van der Waals surface area (Å²) < 4.78 is 43.9. The van der Waals surface area contributed by atoms with Gasteiger partial charge in [-0.25, -0.2) is 0 Å². The molecule has 4 heterocycles. The zero-order chi connectivity index (χ0) is 43.1. The predicted molar refractivity (Wildman–Crippen MR) is 238 cm³/mol. The summed E-state index contributed by atoms with van der Waals surface area (Å²) in [5.41, 5.74) is 2.20. The number of ether oxygens (including phenoxy) is 3. The molecule has 0 saturated carbocycles. The molecule has 322 valence electrons. The van der Waals surface area contributed by atoms with Crippen LogP contribution in [0.4, 0.5) is 0 Å². The van der Waals surface area contributed by atoms with Gasteiger partial charge in [-0.15, -0.1) is 36.2 Å². The molecule has 2 N–H and O–H groups in total. The molecule has 4 aliphatic rings.